The average molecular weight is 500 g/mol. The molecule has 0 spiro atoms. The second kappa shape index (κ2) is 13.6. The van der Waals surface area contributed by atoms with E-state index in [0.29, 0.717) is 17.0 Å². The van der Waals surface area contributed by atoms with Crippen molar-refractivity contribution in [3.63, 3.8) is 0 Å². The van der Waals surface area contributed by atoms with Crippen LogP contribution in [0.2, 0.25) is 0 Å². The maximum Gasteiger partial charge on any atom is 0.412 e. The minimum atomic E-state index is -0.831. The molecule has 0 aliphatic heterocycles. The van der Waals surface area contributed by atoms with E-state index in [-0.39, 0.29) is 32.0 Å². The molecule has 35 heavy (non-hydrogen) atoms. The van der Waals surface area contributed by atoms with E-state index in [1.165, 1.54) is 7.11 Å². The van der Waals surface area contributed by atoms with E-state index in [9.17, 15) is 9.59 Å². The highest BCUT2D eigenvalue weighted by Gasteiger charge is 2.28. The molecule has 0 fully saturated rings. The molecule has 8 nitrogen and oxygen atoms in total. The normalized spacial score (nSPS) is 12.5. The Morgan fingerprint density at radius 3 is 2.57 bits per heavy atom. The molecule has 186 valence electrons. The Morgan fingerprint density at radius 2 is 1.80 bits per heavy atom. The number of carbonyl (C=O) groups is 2. The number of aliphatic hydroxyl groups excluding tert-OH is 1. The predicted molar refractivity (Wildman–Crippen MR) is 136 cm³/mol. The number of ether oxygens (including phenoxy) is 4. The van der Waals surface area contributed by atoms with Crippen molar-refractivity contribution in [3.05, 3.63) is 72.3 Å². The number of benzene rings is 3. The molecule has 2 N–H and O–H groups in total. The van der Waals surface area contributed by atoms with Gasteiger partial charge in [-0.1, -0.05) is 48.5 Å². The lowest BCUT2D eigenvalue weighted by Gasteiger charge is -2.27. The zero-order chi connectivity index (χ0) is 25.0. The topological polar surface area (TPSA) is 103 Å². The van der Waals surface area contributed by atoms with Crippen LogP contribution >= 0.6 is 12.6 Å². The molecule has 9 heteroatoms. The molecule has 0 heterocycles. The number of nitrogens with one attached hydrogen (secondary N) is 1. The smallest absolute Gasteiger partial charge is 0.412 e. The molecule has 0 radical (unpaired) electrons. The van der Waals surface area contributed by atoms with Crippen LogP contribution in [-0.2, 0) is 19.0 Å². The minimum absolute atomic E-state index is 0.0325. The van der Waals surface area contributed by atoms with E-state index in [0.717, 1.165) is 10.8 Å². The van der Waals surface area contributed by atoms with Gasteiger partial charge in [0.25, 0.3) is 0 Å². The standard InChI is InChI=1S/C26H29NO7S/c1-31-23(12-14-33-24(29)17-35)25(19-8-4-9-20(16-19)32-15-13-28)34-26(30)27-22-11-5-7-18-6-2-3-10-21(18)22/h2-11,16,23,25,28,35H,12-15,17H2,1H3,(H,27,30)/t23-,25-/m0/s1. The molecule has 3 rings (SSSR count). The van der Waals surface area contributed by atoms with Crippen LogP contribution in [-0.4, -0.2) is 56.0 Å². The molecule has 3 aromatic carbocycles. The molecule has 0 bridgehead atoms. The number of thiol groups is 1. The first-order chi connectivity index (χ1) is 17.0. The lowest BCUT2D eigenvalue weighted by Crippen LogP contribution is -2.29. The highest BCUT2D eigenvalue weighted by Crippen LogP contribution is 2.30. The van der Waals surface area contributed by atoms with Crippen molar-refractivity contribution >= 4 is 41.2 Å². The quantitative estimate of drug-likeness (QED) is 0.251. The molecule has 0 aromatic heterocycles. The van der Waals surface area contributed by atoms with Crippen LogP contribution < -0.4 is 10.1 Å². The zero-order valence-corrected chi connectivity index (χ0v) is 20.3. The van der Waals surface area contributed by atoms with Gasteiger partial charge >= 0.3 is 12.1 Å². The SMILES string of the molecule is CO[C@@H](CCOC(=O)CS)[C@@H](OC(=O)Nc1cccc2ccccc12)c1cccc(OCCO)c1. The Labute approximate surface area is 209 Å². The first-order valence-corrected chi connectivity index (χ1v) is 11.8. The molecule has 3 aromatic rings. The van der Waals surface area contributed by atoms with Crippen molar-refractivity contribution in [1.82, 2.24) is 0 Å². The molecule has 0 aliphatic rings. The molecule has 0 saturated heterocycles. The molecular weight excluding hydrogens is 470 g/mol. The Bertz CT molecular complexity index is 1120. The van der Waals surface area contributed by atoms with Gasteiger partial charge in [-0.05, 0) is 29.1 Å². The Balaban J connectivity index is 1.82. The van der Waals surface area contributed by atoms with Gasteiger partial charge in [0, 0.05) is 18.9 Å². The highest BCUT2D eigenvalue weighted by atomic mass is 32.1. The van der Waals surface area contributed by atoms with Crippen LogP contribution in [0.3, 0.4) is 0 Å². The first kappa shape index (κ1) is 26.3. The molecule has 2 atom stereocenters. The molecule has 1 amide bonds. The van der Waals surface area contributed by atoms with Gasteiger partial charge < -0.3 is 24.1 Å². The number of aliphatic hydroxyl groups is 1. The Morgan fingerprint density at radius 1 is 1.03 bits per heavy atom. The maximum absolute atomic E-state index is 13.0. The highest BCUT2D eigenvalue weighted by molar-refractivity contribution is 7.81. The average Bonchev–Trinajstić information content (AvgIpc) is 2.89. The Kier molecular flexibility index (Phi) is 10.2. The first-order valence-electron chi connectivity index (χ1n) is 11.1. The van der Waals surface area contributed by atoms with Crippen LogP contribution in [0.5, 0.6) is 5.75 Å². The summed E-state index contributed by atoms with van der Waals surface area (Å²) >= 11 is 3.90. The van der Waals surface area contributed by atoms with Crippen LogP contribution in [0.25, 0.3) is 10.8 Å². The second-order valence-electron chi connectivity index (χ2n) is 7.56. The van der Waals surface area contributed by atoms with Crippen LogP contribution in [0.15, 0.2) is 66.7 Å². The van der Waals surface area contributed by atoms with Crippen molar-refractivity contribution in [2.24, 2.45) is 0 Å². The fourth-order valence-corrected chi connectivity index (χ4v) is 3.71. The predicted octanol–water partition coefficient (Wildman–Crippen LogP) is 4.38. The third kappa shape index (κ3) is 7.61. The second-order valence-corrected chi connectivity index (χ2v) is 7.88. The summed E-state index contributed by atoms with van der Waals surface area (Å²) in [5.74, 6) is 0.0274. The summed E-state index contributed by atoms with van der Waals surface area (Å²) < 4.78 is 22.1. The van der Waals surface area contributed by atoms with Crippen molar-refractivity contribution in [2.75, 3.05) is 38.0 Å². The van der Waals surface area contributed by atoms with E-state index in [1.807, 2.05) is 36.4 Å². The number of esters is 1. The molecular formula is C26H29NO7S. The number of fused-ring (bicyclic) bond motifs is 1. The van der Waals surface area contributed by atoms with Gasteiger partial charge in [-0.15, -0.1) is 0 Å². The van der Waals surface area contributed by atoms with Crippen LogP contribution in [0.4, 0.5) is 10.5 Å². The number of anilines is 1. The largest absolute Gasteiger partial charge is 0.491 e. The molecule has 0 saturated carbocycles. The van der Waals surface area contributed by atoms with Crippen LogP contribution in [0.1, 0.15) is 18.1 Å². The number of hydrogen-bond donors (Lipinski definition) is 3. The van der Waals surface area contributed by atoms with E-state index in [2.05, 4.69) is 17.9 Å². The van der Waals surface area contributed by atoms with E-state index < -0.39 is 24.3 Å². The van der Waals surface area contributed by atoms with Gasteiger partial charge in [0.2, 0.25) is 0 Å². The van der Waals surface area contributed by atoms with Gasteiger partial charge in [-0.2, -0.15) is 12.6 Å². The monoisotopic (exact) mass is 499 g/mol. The van der Waals surface area contributed by atoms with E-state index in [4.69, 9.17) is 24.1 Å². The fourth-order valence-electron chi connectivity index (χ4n) is 3.62. The minimum Gasteiger partial charge on any atom is -0.491 e. The van der Waals surface area contributed by atoms with Crippen LogP contribution in [0, 0.1) is 0 Å². The van der Waals surface area contributed by atoms with Gasteiger partial charge in [0.15, 0.2) is 6.10 Å². The van der Waals surface area contributed by atoms with E-state index >= 15 is 0 Å². The molecule has 0 aliphatic carbocycles. The van der Waals surface area contributed by atoms with Gasteiger partial charge in [-0.25, -0.2) is 4.79 Å². The number of methoxy groups -OCH3 is 1. The number of carbonyl (C=O) groups excluding carboxylic acids is 2. The van der Waals surface area contributed by atoms with E-state index in [1.54, 1.807) is 30.3 Å². The van der Waals surface area contributed by atoms with Crippen molar-refractivity contribution in [1.29, 1.82) is 0 Å². The lowest BCUT2D eigenvalue weighted by atomic mass is 10.0. The summed E-state index contributed by atoms with van der Waals surface area (Å²) in [6, 6.07) is 20.3. The van der Waals surface area contributed by atoms with Gasteiger partial charge in [0.1, 0.15) is 18.5 Å². The maximum atomic E-state index is 13.0. The van der Waals surface area contributed by atoms with Gasteiger partial charge in [-0.3, -0.25) is 10.1 Å². The molecule has 0 unspecified atom stereocenters. The fraction of sp³-hybridized carbons (Fsp3) is 0.308. The summed E-state index contributed by atoms with van der Waals surface area (Å²) in [6.45, 7) is 0.0716. The number of amides is 1. The summed E-state index contributed by atoms with van der Waals surface area (Å²) in [6.07, 6.45) is -1.83. The number of rotatable bonds is 12. The third-order valence-electron chi connectivity index (χ3n) is 5.24. The third-order valence-corrected chi connectivity index (χ3v) is 5.50. The summed E-state index contributed by atoms with van der Waals surface area (Å²) in [5.41, 5.74) is 1.24. The van der Waals surface area contributed by atoms with Crippen molar-refractivity contribution in [2.45, 2.75) is 18.6 Å². The summed E-state index contributed by atoms with van der Waals surface area (Å²) in [7, 11) is 1.50. The summed E-state index contributed by atoms with van der Waals surface area (Å²) in [4.78, 5) is 24.5. The lowest BCUT2D eigenvalue weighted by molar-refractivity contribution is -0.141. The van der Waals surface area contributed by atoms with Gasteiger partial charge in [0.05, 0.1) is 24.7 Å². The zero-order valence-electron chi connectivity index (χ0n) is 19.4. The van der Waals surface area contributed by atoms with Crippen molar-refractivity contribution in [3.8, 4) is 5.75 Å². The summed E-state index contributed by atoms with van der Waals surface area (Å²) in [5, 5.41) is 13.7. The Hall–Kier alpha value is -3.27. The van der Waals surface area contributed by atoms with Crippen molar-refractivity contribution < 1.29 is 33.6 Å². The number of hydrogen-bond acceptors (Lipinski definition) is 8.